The Morgan fingerprint density at radius 3 is 2.84 bits per heavy atom. The number of rotatable bonds is 5. The number of anilines is 1. The third-order valence-corrected chi connectivity index (χ3v) is 4.95. The van der Waals surface area contributed by atoms with Crippen molar-refractivity contribution in [3.8, 4) is 5.88 Å². The minimum atomic E-state index is -0.524. The van der Waals surface area contributed by atoms with E-state index in [0.717, 1.165) is 12.8 Å². The van der Waals surface area contributed by atoms with Crippen LogP contribution in [-0.4, -0.2) is 47.7 Å². The van der Waals surface area contributed by atoms with Crippen molar-refractivity contribution in [1.29, 1.82) is 0 Å². The van der Waals surface area contributed by atoms with E-state index in [1.54, 1.807) is 42.4 Å². The molecule has 1 aliphatic rings. The van der Waals surface area contributed by atoms with Crippen LogP contribution in [0.15, 0.2) is 40.2 Å². The summed E-state index contributed by atoms with van der Waals surface area (Å²) in [5, 5.41) is 14.8. The lowest BCUT2D eigenvalue weighted by Crippen LogP contribution is -2.29. The molecule has 158 valence electrons. The summed E-state index contributed by atoms with van der Waals surface area (Å²) in [6.07, 6.45) is 5.10. The highest BCUT2D eigenvalue weighted by atomic mass is 19.1. The number of halogens is 1. The molecule has 0 unspecified atom stereocenters. The molecule has 1 aromatic carbocycles. The average molecular weight is 422 g/mol. The molecule has 3 N–H and O–H groups in total. The van der Waals surface area contributed by atoms with E-state index in [1.165, 1.54) is 10.6 Å². The fraction of sp³-hybridized carbons (Fsp3) is 0.250. The summed E-state index contributed by atoms with van der Waals surface area (Å²) < 4.78 is 15.6. The van der Waals surface area contributed by atoms with Gasteiger partial charge in [-0.3, -0.25) is 4.98 Å². The monoisotopic (exact) mass is 422 g/mol. The lowest BCUT2D eigenvalue weighted by atomic mass is 10.2. The highest BCUT2D eigenvalue weighted by Crippen LogP contribution is 2.22. The minimum absolute atomic E-state index is 0.199. The fourth-order valence-corrected chi connectivity index (χ4v) is 3.19. The van der Waals surface area contributed by atoms with E-state index >= 15 is 0 Å². The second kappa shape index (κ2) is 7.35. The number of aromatic amines is 2. The Bertz CT molecular complexity index is 1450. The second-order valence-corrected chi connectivity index (χ2v) is 7.45. The number of aromatic nitrogens is 6. The Morgan fingerprint density at radius 1 is 1.32 bits per heavy atom. The summed E-state index contributed by atoms with van der Waals surface area (Å²) in [6, 6.07) is 6.74. The van der Waals surface area contributed by atoms with Gasteiger partial charge in [0.2, 0.25) is 11.8 Å². The molecule has 10 nitrogen and oxygen atoms in total. The predicted octanol–water partition coefficient (Wildman–Crippen LogP) is 0.233. The number of hydrogen-bond donors (Lipinski definition) is 3. The van der Waals surface area contributed by atoms with Gasteiger partial charge >= 0.3 is 5.69 Å². The number of nitrogens with zero attached hydrogens (tertiary/aromatic N) is 6. The quantitative estimate of drug-likeness (QED) is 0.423. The molecule has 0 atom stereocenters. The zero-order chi connectivity index (χ0) is 21.5. The highest BCUT2D eigenvalue weighted by Gasteiger charge is 2.21. The largest absolute Gasteiger partial charge is 0.493 e. The van der Waals surface area contributed by atoms with Crippen LogP contribution in [0.5, 0.6) is 5.88 Å². The molecule has 0 radical (unpaired) electrons. The summed E-state index contributed by atoms with van der Waals surface area (Å²) in [5.74, 6) is -0.223. The summed E-state index contributed by atoms with van der Waals surface area (Å²) >= 11 is 0. The fourth-order valence-electron chi connectivity index (χ4n) is 3.19. The molecule has 1 fully saturated rings. The number of hydrogen-bond acceptors (Lipinski definition) is 7. The number of fused-ring (bicyclic) bond motifs is 1. The molecule has 31 heavy (non-hydrogen) atoms. The third kappa shape index (κ3) is 3.77. The summed E-state index contributed by atoms with van der Waals surface area (Å²) in [6.45, 7) is 0.269. The molecule has 3 heterocycles. The van der Waals surface area contributed by atoms with Gasteiger partial charge in [0.25, 0.3) is 5.62 Å². The van der Waals surface area contributed by atoms with Gasteiger partial charge in [0.1, 0.15) is 11.5 Å². The van der Waals surface area contributed by atoms with Crippen LogP contribution < -0.4 is 21.4 Å². The normalized spacial score (nSPS) is 15.2. The zero-order valence-electron chi connectivity index (χ0n) is 16.6. The third-order valence-electron chi connectivity index (χ3n) is 4.95. The maximum absolute atomic E-state index is 14.1. The minimum Gasteiger partial charge on any atom is -0.493 e. The van der Waals surface area contributed by atoms with Gasteiger partial charge in [0.05, 0.1) is 12.2 Å². The van der Waals surface area contributed by atoms with Crippen molar-refractivity contribution in [3.63, 3.8) is 0 Å². The van der Waals surface area contributed by atoms with Crippen molar-refractivity contribution in [2.45, 2.75) is 25.4 Å². The van der Waals surface area contributed by atoms with E-state index in [0.29, 0.717) is 28.0 Å². The number of H-pyrrole nitrogens is 2. The Labute approximate surface area is 174 Å². The van der Waals surface area contributed by atoms with Crippen molar-refractivity contribution < 1.29 is 9.50 Å². The SMILES string of the molecule is CN(Cc1ccccc1F)c1nc(=NC2CC2)n2nc/c(=C\c3[nH]c(=O)[nH]c3O)c2n1. The first-order valence-electron chi connectivity index (χ1n) is 9.75. The maximum Gasteiger partial charge on any atom is 0.326 e. The van der Waals surface area contributed by atoms with E-state index in [2.05, 4.69) is 30.0 Å². The molecule has 0 amide bonds. The average Bonchev–Trinajstić information content (AvgIpc) is 3.38. The van der Waals surface area contributed by atoms with E-state index in [9.17, 15) is 14.3 Å². The highest BCUT2D eigenvalue weighted by molar-refractivity contribution is 5.57. The first kappa shape index (κ1) is 19.0. The number of aromatic hydroxyl groups is 1. The second-order valence-electron chi connectivity index (χ2n) is 7.45. The van der Waals surface area contributed by atoms with Crippen molar-refractivity contribution in [3.05, 3.63) is 68.9 Å². The van der Waals surface area contributed by atoms with Crippen molar-refractivity contribution >= 4 is 17.7 Å². The summed E-state index contributed by atoms with van der Waals surface area (Å²) in [7, 11) is 1.77. The Kier molecular flexibility index (Phi) is 4.50. The Morgan fingerprint density at radius 2 is 2.13 bits per heavy atom. The molecule has 0 aliphatic heterocycles. The lowest BCUT2D eigenvalue weighted by molar-refractivity contribution is 0.454. The van der Waals surface area contributed by atoms with Gasteiger partial charge in [-0.05, 0) is 25.0 Å². The smallest absolute Gasteiger partial charge is 0.326 e. The molecule has 0 saturated heterocycles. The maximum atomic E-state index is 14.1. The summed E-state index contributed by atoms with van der Waals surface area (Å²) in [4.78, 5) is 31.7. The zero-order valence-corrected chi connectivity index (χ0v) is 16.6. The molecule has 4 aromatic rings. The van der Waals surface area contributed by atoms with Gasteiger partial charge in [-0.25, -0.2) is 14.2 Å². The number of nitrogens with one attached hydrogen (secondary N) is 2. The van der Waals surface area contributed by atoms with Gasteiger partial charge in [-0.1, -0.05) is 18.2 Å². The van der Waals surface area contributed by atoms with Crippen LogP contribution in [-0.2, 0) is 6.54 Å². The molecule has 11 heteroatoms. The van der Waals surface area contributed by atoms with Crippen LogP contribution in [0.2, 0.25) is 0 Å². The molecule has 0 bridgehead atoms. The molecular formula is C20H19FN8O2. The van der Waals surface area contributed by atoms with E-state index < -0.39 is 5.69 Å². The van der Waals surface area contributed by atoms with E-state index in [4.69, 9.17) is 0 Å². The number of imidazole rings is 1. The van der Waals surface area contributed by atoms with Crippen molar-refractivity contribution in [2.75, 3.05) is 11.9 Å². The molecular weight excluding hydrogens is 403 g/mol. The van der Waals surface area contributed by atoms with Crippen LogP contribution in [0.3, 0.4) is 0 Å². The molecule has 1 saturated carbocycles. The molecule has 5 rings (SSSR count). The first-order valence-corrected chi connectivity index (χ1v) is 9.75. The molecule has 0 spiro atoms. The molecule has 1 aliphatic carbocycles. The van der Waals surface area contributed by atoms with Crippen molar-refractivity contribution in [1.82, 2.24) is 29.5 Å². The molecule has 3 aromatic heterocycles. The first-order chi connectivity index (χ1) is 15.0. The van der Waals surface area contributed by atoms with Gasteiger partial charge in [0, 0.05) is 24.4 Å². The topological polar surface area (TPSA) is 128 Å². The Balaban J connectivity index is 1.64. The van der Waals surface area contributed by atoms with Gasteiger partial charge in [-0.15, -0.1) is 0 Å². The predicted molar refractivity (Wildman–Crippen MR) is 110 cm³/mol. The van der Waals surface area contributed by atoms with E-state index in [-0.39, 0.29) is 30.0 Å². The Hall–Kier alpha value is -4.02. The lowest BCUT2D eigenvalue weighted by Gasteiger charge is -2.17. The van der Waals surface area contributed by atoms with Gasteiger partial charge < -0.3 is 15.0 Å². The van der Waals surface area contributed by atoms with Crippen LogP contribution >= 0.6 is 0 Å². The summed E-state index contributed by atoms with van der Waals surface area (Å²) in [5.41, 5.74) is 1.05. The van der Waals surface area contributed by atoms with Gasteiger partial charge in [-0.2, -0.15) is 19.6 Å². The standard InChI is InChI=1S/C20H19FN8O2/c1-28(10-11-4-2-3-5-14(11)21)18-25-16-12(8-15-17(30)26-20(31)24-15)9-22-29(16)19(27-18)23-13-6-7-13/h2-5,8-9,13,30H,6-7,10H2,1H3,(H2,24,26,31)/b12-8+,23-19?. The van der Waals surface area contributed by atoms with Gasteiger partial charge in [0.15, 0.2) is 5.65 Å². The van der Waals surface area contributed by atoms with E-state index in [1.807, 2.05) is 0 Å². The van der Waals surface area contributed by atoms with Crippen molar-refractivity contribution in [2.24, 2.45) is 4.99 Å². The van der Waals surface area contributed by atoms with Crippen LogP contribution in [0.4, 0.5) is 10.3 Å². The van der Waals surface area contributed by atoms with Crippen LogP contribution in [0.1, 0.15) is 24.1 Å². The number of benzene rings is 1. The van der Waals surface area contributed by atoms with Crippen LogP contribution in [0, 0.1) is 5.82 Å². The van der Waals surface area contributed by atoms with Crippen LogP contribution in [0.25, 0.3) is 11.7 Å².